The average Bonchev–Trinajstić information content (AvgIpc) is 3.01. The van der Waals surface area contributed by atoms with E-state index in [-0.39, 0.29) is 11.4 Å². The summed E-state index contributed by atoms with van der Waals surface area (Å²) in [7, 11) is -4.15. The zero-order valence-electron chi connectivity index (χ0n) is 14.6. The van der Waals surface area contributed by atoms with Crippen molar-refractivity contribution in [3.05, 3.63) is 63.8 Å². The average molecular weight is 477 g/mol. The maximum absolute atomic E-state index is 14.3. The highest BCUT2D eigenvalue weighted by Gasteiger charge is 2.24. The van der Waals surface area contributed by atoms with Crippen molar-refractivity contribution >= 4 is 25.8 Å². The van der Waals surface area contributed by atoms with E-state index in [0.29, 0.717) is 16.3 Å². The van der Waals surface area contributed by atoms with Crippen molar-refractivity contribution in [3.63, 3.8) is 0 Å². The van der Waals surface area contributed by atoms with Crippen molar-refractivity contribution in [1.82, 2.24) is 9.78 Å². The molecule has 0 aliphatic rings. The maximum Gasteiger partial charge on any atom is 0.282 e. The van der Waals surface area contributed by atoms with E-state index < -0.39 is 38.5 Å². The van der Waals surface area contributed by atoms with Gasteiger partial charge in [-0.2, -0.15) is 5.10 Å². The Hall–Kier alpha value is -2.20. The Labute approximate surface area is 166 Å². The van der Waals surface area contributed by atoms with Crippen LogP contribution in [0.3, 0.4) is 0 Å². The van der Waals surface area contributed by atoms with Gasteiger partial charge in [0.25, 0.3) is 6.43 Å². The highest BCUT2D eigenvalue weighted by Crippen LogP contribution is 2.32. The zero-order valence-corrected chi connectivity index (χ0v) is 17.0. The number of alkyl halides is 2. The number of nitrogens with zero attached hydrogens (tertiary/aromatic N) is 2. The Bertz CT molecular complexity index is 1150. The summed E-state index contributed by atoms with van der Waals surface area (Å²) < 4.78 is 79.8. The van der Waals surface area contributed by atoms with Gasteiger partial charge in [0.1, 0.15) is 22.2 Å². The lowest BCUT2D eigenvalue weighted by Gasteiger charge is -2.11. The summed E-state index contributed by atoms with van der Waals surface area (Å²) in [5, 5.41) is 3.75. The Balaban J connectivity index is 2.26. The van der Waals surface area contributed by atoms with Gasteiger partial charge in [-0.25, -0.2) is 30.7 Å². The first-order chi connectivity index (χ1) is 13.0. The molecule has 3 aromatic rings. The smallest absolute Gasteiger partial charge is 0.232 e. The molecular weight excluding hydrogens is 464 g/mol. The van der Waals surface area contributed by atoms with Gasteiger partial charge >= 0.3 is 0 Å². The fourth-order valence-electron chi connectivity index (χ4n) is 2.68. The number of benzene rings is 2. The van der Waals surface area contributed by atoms with E-state index >= 15 is 0 Å². The van der Waals surface area contributed by atoms with E-state index in [1.54, 1.807) is 18.2 Å². The van der Waals surface area contributed by atoms with Crippen LogP contribution in [-0.4, -0.2) is 24.5 Å². The maximum atomic E-state index is 14.3. The van der Waals surface area contributed by atoms with Crippen molar-refractivity contribution in [1.29, 1.82) is 0 Å². The van der Waals surface area contributed by atoms with Gasteiger partial charge in [-0.1, -0.05) is 28.1 Å². The number of sulfone groups is 1. The van der Waals surface area contributed by atoms with E-state index in [1.807, 2.05) is 6.92 Å². The van der Waals surface area contributed by atoms with Gasteiger partial charge in [0, 0.05) is 28.4 Å². The lowest BCUT2D eigenvalue weighted by atomic mass is 10.1. The number of hydrogen-bond acceptors (Lipinski definition) is 3. The van der Waals surface area contributed by atoms with Crippen molar-refractivity contribution in [2.24, 2.45) is 0 Å². The third-order valence-corrected chi connectivity index (χ3v) is 6.00. The molecule has 10 heteroatoms. The van der Waals surface area contributed by atoms with E-state index in [0.717, 1.165) is 28.4 Å². The molecular formula is C18H13BrF4N2O2S. The van der Waals surface area contributed by atoms with Crippen LogP contribution in [0.5, 0.6) is 0 Å². The minimum atomic E-state index is -4.15. The van der Waals surface area contributed by atoms with Crippen LogP contribution in [0.4, 0.5) is 17.6 Å². The van der Waals surface area contributed by atoms with Crippen molar-refractivity contribution < 1.29 is 26.0 Å². The molecule has 0 N–H and O–H groups in total. The van der Waals surface area contributed by atoms with Crippen molar-refractivity contribution in [2.45, 2.75) is 18.2 Å². The van der Waals surface area contributed by atoms with Crippen LogP contribution in [0.25, 0.3) is 16.9 Å². The topological polar surface area (TPSA) is 52.0 Å². The van der Waals surface area contributed by atoms with E-state index in [2.05, 4.69) is 21.0 Å². The molecule has 0 unspecified atom stereocenters. The molecule has 0 atom stereocenters. The van der Waals surface area contributed by atoms with Crippen LogP contribution in [0.1, 0.15) is 17.7 Å². The van der Waals surface area contributed by atoms with E-state index in [9.17, 15) is 26.0 Å². The van der Waals surface area contributed by atoms with Gasteiger partial charge in [-0.3, -0.25) is 0 Å². The minimum Gasteiger partial charge on any atom is -0.232 e. The van der Waals surface area contributed by atoms with Crippen LogP contribution in [0.15, 0.2) is 45.8 Å². The summed E-state index contributed by atoms with van der Waals surface area (Å²) in [4.78, 5) is -1.09. The molecule has 0 fully saturated rings. The highest BCUT2D eigenvalue weighted by molar-refractivity contribution is 9.10. The molecule has 0 spiro atoms. The van der Waals surface area contributed by atoms with Gasteiger partial charge in [-0.15, -0.1) is 0 Å². The lowest BCUT2D eigenvalue weighted by molar-refractivity contribution is 0.145. The second-order valence-corrected chi connectivity index (χ2v) is 8.95. The second-order valence-electron chi connectivity index (χ2n) is 6.14. The Morgan fingerprint density at radius 2 is 1.68 bits per heavy atom. The Morgan fingerprint density at radius 3 is 2.18 bits per heavy atom. The molecule has 3 rings (SSSR count). The van der Waals surface area contributed by atoms with Crippen molar-refractivity contribution in [3.8, 4) is 16.9 Å². The van der Waals surface area contributed by atoms with Crippen LogP contribution in [-0.2, 0) is 9.84 Å². The highest BCUT2D eigenvalue weighted by atomic mass is 79.9. The van der Waals surface area contributed by atoms with Gasteiger partial charge in [0.2, 0.25) is 0 Å². The summed E-state index contributed by atoms with van der Waals surface area (Å²) >= 11 is 3.35. The normalized spacial score (nSPS) is 12.0. The first-order valence-corrected chi connectivity index (χ1v) is 10.5. The predicted octanol–water partition coefficient (Wildman–Crippen LogP) is 5.23. The second kappa shape index (κ2) is 7.32. The molecule has 2 aromatic carbocycles. The fourth-order valence-corrected chi connectivity index (χ4v) is 3.89. The minimum absolute atomic E-state index is 0.168. The first-order valence-electron chi connectivity index (χ1n) is 7.83. The monoisotopic (exact) mass is 476 g/mol. The molecule has 1 heterocycles. The van der Waals surface area contributed by atoms with Crippen molar-refractivity contribution in [2.75, 3.05) is 6.26 Å². The SMILES string of the molecule is Cc1ccc(-c2cc(C(F)F)nn2-c2cc(F)c(S(C)(=O)=O)c(F)c2)cc1Br. The molecule has 0 amide bonds. The number of halogens is 5. The van der Waals surface area contributed by atoms with Crippen LogP contribution in [0.2, 0.25) is 0 Å². The third-order valence-electron chi connectivity index (χ3n) is 4.02. The number of aryl methyl sites for hydroxylation is 1. The zero-order chi connectivity index (χ0) is 20.8. The summed E-state index contributed by atoms with van der Waals surface area (Å²) in [5.41, 5.74) is 0.742. The molecule has 0 aliphatic heterocycles. The third kappa shape index (κ3) is 3.83. The number of rotatable bonds is 4. The largest absolute Gasteiger partial charge is 0.282 e. The summed E-state index contributed by atoms with van der Waals surface area (Å²) in [6.07, 6.45) is -2.23. The van der Waals surface area contributed by atoms with Gasteiger partial charge in [0.05, 0.1) is 11.4 Å². The first kappa shape index (κ1) is 20.5. The summed E-state index contributed by atoms with van der Waals surface area (Å²) in [6, 6.07) is 7.66. The van der Waals surface area contributed by atoms with Crippen LogP contribution < -0.4 is 0 Å². The molecule has 0 saturated heterocycles. The quantitative estimate of drug-likeness (QED) is 0.484. The predicted molar refractivity (Wildman–Crippen MR) is 99.4 cm³/mol. The lowest BCUT2D eigenvalue weighted by Crippen LogP contribution is -2.08. The molecule has 4 nitrogen and oxygen atoms in total. The molecule has 0 saturated carbocycles. The fraction of sp³-hybridized carbons (Fsp3) is 0.167. The van der Waals surface area contributed by atoms with Crippen LogP contribution >= 0.6 is 15.9 Å². The molecule has 28 heavy (non-hydrogen) atoms. The number of aromatic nitrogens is 2. The molecule has 0 radical (unpaired) electrons. The summed E-state index contributed by atoms with van der Waals surface area (Å²) in [5.74, 6) is -2.66. The van der Waals surface area contributed by atoms with Gasteiger partial charge in [0.15, 0.2) is 9.84 Å². The molecule has 1 aromatic heterocycles. The number of hydrogen-bond donors (Lipinski definition) is 0. The molecule has 0 bridgehead atoms. The Kier molecular flexibility index (Phi) is 5.37. The van der Waals surface area contributed by atoms with E-state index in [1.165, 1.54) is 0 Å². The van der Waals surface area contributed by atoms with Gasteiger partial charge < -0.3 is 0 Å². The van der Waals surface area contributed by atoms with Crippen LogP contribution in [0, 0.1) is 18.6 Å². The Morgan fingerprint density at radius 1 is 1.07 bits per heavy atom. The molecule has 148 valence electrons. The summed E-state index contributed by atoms with van der Waals surface area (Å²) in [6.45, 7) is 1.84. The molecule has 0 aliphatic carbocycles. The van der Waals surface area contributed by atoms with Gasteiger partial charge in [-0.05, 0) is 24.6 Å². The van der Waals surface area contributed by atoms with E-state index in [4.69, 9.17) is 0 Å². The standard InChI is InChI=1S/C18H13BrF4N2O2S/c1-9-3-4-10(5-12(9)19)16-8-15(18(22)23)24-25(16)11-6-13(20)17(14(21)7-11)28(2,26)27/h3-8,18H,1-2H3.